The van der Waals surface area contributed by atoms with Crippen molar-refractivity contribution in [1.29, 1.82) is 0 Å². The highest BCUT2D eigenvalue weighted by atomic mass is 16.3. The minimum atomic E-state index is -0.0242. The molecule has 1 N–H and O–H groups in total. The van der Waals surface area contributed by atoms with Crippen LogP contribution in [-0.2, 0) is 0 Å². The van der Waals surface area contributed by atoms with Gasteiger partial charge >= 0.3 is 0 Å². The lowest BCUT2D eigenvalue weighted by molar-refractivity contribution is 0.273. The summed E-state index contributed by atoms with van der Waals surface area (Å²) in [6.07, 6.45) is 0. The Balaban J connectivity index is 2.36. The number of benzene rings is 2. The molecule has 3 rings (SSSR count). The molecule has 0 radical (unpaired) electrons. The zero-order chi connectivity index (χ0) is 13.4. The van der Waals surface area contributed by atoms with E-state index in [9.17, 15) is 9.90 Å². The van der Waals surface area contributed by atoms with Crippen LogP contribution >= 0.6 is 0 Å². The molecule has 0 aliphatic rings. The molecular formula is C16H14O3. The zero-order valence-corrected chi connectivity index (χ0v) is 10.6. The van der Waals surface area contributed by atoms with Crippen molar-refractivity contribution in [2.75, 3.05) is 6.61 Å². The summed E-state index contributed by atoms with van der Waals surface area (Å²) in [5.74, 6) is 0.00951. The van der Waals surface area contributed by atoms with E-state index in [1.54, 1.807) is 18.2 Å². The second-order valence-corrected chi connectivity index (χ2v) is 4.77. The van der Waals surface area contributed by atoms with E-state index in [4.69, 9.17) is 4.42 Å². The van der Waals surface area contributed by atoms with Crippen molar-refractivity contribution in [3.63, 3.8) is 0 Å². The van der Waals surface area contributed by atoms with Gasteiger partial charge in [-0.15, -0.1) is 0 Å². The summed E-state index contributed by atoms with van der Waals surface area (Å²) in [6, 6.07) is 12.7. The van der Waals surface area contributed by atoms with Crippen LogP contribution in [-0.4, -0.2) is 11.7 Å². The van der Waals surface area contributed by atoms with Crippen molar-refractivity contribution in [3.05, 3.63) is 58.3 Å². The van der Waals surface area contributed by atoms with Gasteiger partial charge in [0.25, 0.3) is 0 Å². The number of hydrogen-bond donors (Lipinski definition) is 1. The van der Waals surface area contributed by atoms with Gasteiger partial charge in [-0.05, 0) is 29.8 Å². The van der Waals surface area contributed by atoms with Gasteiger partial charge in [0.05, 0.1) is 10.8 Å². The van der Waals surface area contributed by atoms with E-state index in [0.29, 0.717) is 21.9 Å². The number of rotatable bonds is 2. The van der Waals surface area contributed by atoms with Crippen LogP contribution in [0.1, 0.15) is 18.4 Å². The second kappa shape index (κ2) is 4.52. The minimum absolute atomic E-state index is 0.00951. The summed E-state index contributed by atoms with van der Waals surface area (Å²) in [7, 11) is 0. The van der Waals surface area contributed by atoms with Gasteiger partial charge in [0, 0.05) is 12.5 Å². The van der Waals surface area contributed by atoms with Gasteiger partial charge in [0.2, 0.25) is 5.43 Å². The number of aliphatic hydroxyl groups excluding tert-OH is 1. The first-order valence-electron chi connectivity index (χ1n) is 6.27. The highest BCUT2D eigenvalue weighted by molar-refractivity contribution is 5.89. The Bertz CT molecular complexity index is 802. The molecule has 0 amide bonds. The highest BCUT2D eigenvalue weighted by Gasteiger charge is 2.10. The summed E-state index contributed by atoms with van der Waals surface area (Å²) in [4.78, 5) is 12.4. The highest BCUT2D eigenvalue weighted by Crippen LogP contribution is 2.22. The predicted octanol–water partition coefficient (Wildman–Crippen LogP) is 3.04. The SMILES string of the molecule is CC(CO)c1ccc2oc3ccccc3c(=O)c2c1. The molecule has 3 heteroatoms. The normalized spacial score (nSPS) is 12.9. The van der Waals surface area contributed by atoms with E-state index in [0.717, 1.165) is 5.56 Å². The molecule has 3 nitrogen and oxygen atoms in total. The lowest BCUT2D eigenvalue weighted by Gasteiger charge is -2.09. The van der Waals surface area contributed by atoms with Crippen LogP contribution in [0.4, 0.5) is 0 Å². The summed E-state index contributed by atoms with van der Waals surface area (Å²) in [5.41, 5.74) is 2.10. The molecule has 0 spiro atoms. The molecule has 0 saturated carbocycles. The van der Waals surface area contributed by atoms with Gasteiger partial charge in [-0.1, -0.05) is 25.1 Å². The van der Waals surface area contributed by atoms with Crippen molar-refractivity contribution in [2.45, 2.75) is 12.8 Å². The van der Waals surface area contributed by atoms with Crippen molar-refractivity contribution in [3.8, 4) is 0 Å². The predicted molar refractivity (Wildman–Crippen MR) is 75.5 cm³/mol. The van der Waals surface area contributed by atoms with Gasteiger partial charge < -0.3 is 9.52 Å². The van der Waals surface area contributed by atoms with E-state index in [-0.39, 0.29) is 18.0 Å². The number of aliphatic hydroxyl groups is 1. The second-order valence-electron chi connectivity index (χ2n) is 4.77. The fourth-order valence-electron chi connectivity index (χ4n) is 2.23. The van der Waals surface area contributed by atoms with Crippen LogP contribution in [0.25, 0.3) is 21.9 Å². The summed E-state index contributed by atoms with van der Waals surface area (Å²) < 4.78 is 5.73. The van der Waals surface area contributed by atoms with Crippen LogP contribution in [0.3, 0.4) is 0 Å². The van der Waals surface area contributed by atoms with Gasteiger partial charge in [-0.25, -0.2) is 0 Å². The Hall–Kier alpha value is -2.13. The summed E-state index contributed by atoms with van der Waals surface area (Å²) >= 11 is 0. The molecule has 0 fully saturated rings. The van der Waals surface area contributed by atoms with Crippen LogP contribution in [0.5, 0.6) is 0 Å². The molecule has 1 heterocycles. The first-order chi connectivity index (χ1) is 9.20. The Morgan fingerprint density at radius 3 is 2.63 bits per heavy atom. The third kappa shape index (κ3) is 1.92. The van der Waals surface area contributed by atoms with Gasteiger partial charge in [-0.2, -0.15) is 0 Å². The maximum atomic E-state index is 12.4. The monoisotopic (exact) mass is 254 g/mol. The Morgan fingerprint density at radius 2 is 1.84 bits per heavy atom. The van der Waals surface area contributed by atoms with Gasteiger partial charge in [-0.3, -0.25) is 4.79 Å². The summed E-state index contributed by atoms with van der Waals surface area (Å²) in [5, 5.41) is 10.4. The zero-order valence-electron chi connectivity index (χ0n) is 10.6. The van der Waals surface area contributed by atoms with Crippen molar-refractivity contribution in [1.82, 2.24) is 0 Å². The van der Waals surface area contributed by atoms with Crippen molar-refractivity contribution in [2.24, 2.45) is 0 Å². The molecule has 0 aliphatic carbocycles. The Kier molecular flexibility index (Phi) is 2.84. The van der Waals surface area contributed by atoms with E-state index < -0.39 is 0 Å². The molecule has 1 atom stereocenters. The first kappa shape index (κ1) is 11.9. The van der Waals surface area contributed by atoms with E-state index in [1.807, 2.05) is 31.2 Å². The average molecular weight is 254 g/mol. The molecule has 1 unspecified atom stereocenters. The minimum Gasteiger partial charge on any atom is -0.456 e. The molecule has 3 aromatic rings. The van der Waals surface area contributed by atoms with E-state index in [2.05, 4.69) is 0 Å². The standard InChI is InChI=1S/C16H14O3/c1-10(9-17)11-6-7-15-13(8-11)16(18)12-4-2-3-5-14(12)19-15/h2-8,10,17H,9H2,1H3. The van der Waals surface area contributed by atoms with Crippen molar-refractivity contribution >= 4 is 21.9 Å². The molecular weight excluding hydrogens is 240 g/mol. The molecule has 1 aromatic heterocycles. The molecule has 0 saturated heterocycles. The van der Waals surface area contributed by atoms with Gasteiger partial charge in [0.1, 0.15) is 11.2 Å². The molecule has 0 bridgehead atoms. The lowest BCUT2D eigenvalue weighted by Crippen LogP contribution is -2.04. The largest absolute Gasteiger partial charge is 0.456 e. The van der Waals surface area contributed by atoms with E-state index >= 15 is 0 Å². The van der Waals surface area contributed by atoms with Gasteiger partial charge in [0.15, 0.2) is 0 Å². The smallest absolute Gasteiger partial charge is 0.200 e. The topological polar surface area (TPSA) is 50.4 Å². The third-order valence-electron chi connectivity index (χ3n) is 3.44. The van der Waals surface area contributed by atoms with Crippen LogP contribution in [0.15, 0.2) is 51.7 Å². The number of para-hydroxylation sites is 1. The van der Waals surface area contributed by atoms with Crippen LogP contribution in [0.2, 0.25) is 0 Å². The quantitative estimate of drug-likeness (QED) is 0.715. The van der Waals surface area contributed by atoms with E-state index in [1.165, 1.54) is 0 Å². The Labute approximate surface area is 110 Å². The summed E-state index contributed by atoms with van der Waals surface area (Å²) in [6.45, 7) is 1.98. The molecule has 2 aromatic carbocycles. The van der Waals surface area contributed by atoms with Crippen LogP contribution < -0.4 is 5.43 Å². The number of hydrogen-bond acceptors (Lipinski definition) is 3. The molecule has 19 heavy (non-hydrogen) atoms. The maximum Gasteiger partial charge on any atom is 0.200 e. The number of fused-ring (bicyclic) bond motifs is 2. The first-order valence-corrected chi connectivity index (χ1v) is 6.27. The average Bonchev–Trinajstić information content (AvgIpc) is 2.46. The van der Waals surface area contributed by atoms with Crippen LogP contribution in [0, 0.1) is 0 Å². The molecule has 0 aliphatic heterocycles. The fraction of sp³-hybridized carbons (Fsp3) is 0.188. The molecule has 96 valence electrons. The fourth-order valence-corrected chi connectivity index (χ4v) is 2.23. The Morgan fingerprint density at radius 1 is 1.11 bits per heavy atom. The third-order valence-corrected chi connectivity index (χ3v) is 3.44. The maximum absolute atomic E-state index is 12.4. The van der Waals surface area contributed by atoms with Crippen molar-refractivity contribution < 1.29 is 9.52 Å². The lowest BCUT2D eigenvalue weighted by atomic mass is 10.00.